The molecule has 0 aliphatic rings. The van der Waals surface area contributed by atoms with Crippen LogP contribution >= 0.6 is 0 Å². The minimum absolute atomic E-state index is 0.200. The van der Waals surface area contributed by atoms with E-state index in [1.54, 1.807) is 36.4 Å². The maximum absolute atomic E-state index is 11.5. The number of amides is 1. The second-order valence-electron chi connectivity index (χ2n) is 4.42. The first kappa shape index (κ1) is 14.5. The molecule has 6 heteroatoms. The lowest BCUT2D eigenvalue weighted by molar-refractivity contribution is 0.0594. The summed E-state index contributed by atoms with van der Waals surface area (Å²) in [6.07, 6.45) is 0. The highest BCUT2D eigenvalue weighted by Gasteiger charge is 2.09. The van der Waals surface area contributed by atoms with Crippen molar-refractivity contribution in [1.82, 2.24) is 4.98 Å². The molecule has 1 aromatic heterocycles. The summed E-state index contributed by atoms with van der Waals surface area (Å²) in [5, 5.41) is 3.06. The molecule has 21 heavy (non-hydrogen) atoms. The number of aromatic nitrogens is 1. The molecular formula is C15H15N3O3. The number of methoxy groups -OCH3 is 1. The van der Waals surface area contributed by atoms with E-state index in [9.17, 15) is 9.59 Å². The number of carbonyl (C=O) groups excluding carboxylic acids is 2. The molecule has 108 valence electrons. The molecule has 0 saturated carbocycles. The number of pyridine rings is 1. The molecule has 6 nitrogen and oxygen atoms in total. The second kappa shape index (κ2) is 6.04. The van der Waals surface area contributed by atoms with Crippen LogP contribution in [-0.2, 0) is 4.74 Å². The zero-order chi connectivity index (χ0) is 15.4. The Labute approximate surface area is 121 Å². The van der Waals surface area contributed by atoms with Gasteiger partial charge in [-0.1, -0.05) is 12.1 Å². The predicted molar refractivity (Wildman–Crippen MR) is 78.6 cm³/mol. The number of benzene rings is 1. The number of primary amides is 1. The average Bonchev–Trinajstić information content (AvgIpc) is 2.48. The lowest BCUT2D eigenvalue weighted by Crippen LogP contribution is -2.11. The van der Waals surface area contributed by atoms with E-state index in [4.69, 9.17) is 5.73 Å². The summed E-state index contributed by atoms with van der Waals surface area (Å²) in [7, 11) is 1.30. The second-order valence-corrected chi connectivity index (χ2v) is 4.42. The van der Waals surface area contributed by atoms with Gasteiger partial charge in [0.05, 0.1) is 7.11 Å². The first-order valence-electron chi connectivity index (χ1n) is 6.24. The van der Waals surface area contributed by atoms with E-state index in [-0.39, 0.29) is 5.69 Å². The Morgan fingerprint density at radius 1 is 1.24 bits per heavy atom. The molecule has 2 rings (SSSR count). The van der Waals surface area contributed by atoms with Crippen LogP contribution in [-0.4, -0.2) is 24.0 Å². The van der Waals surface area contributed by atoms with Crippen LogP contribution in [0.3, 0.4) is 0 Å². The van der Waals surface area contributed by atoms with Crippen LogP contribution in [0.4, 0.5) is 11.5 Å². The highest BCUT2D eigenvalue weighted by molar-refractivity contribution is 5.94. The van der Waals surface area contributed by atoms with E-state index in [1.165, 1.54) is 7.11 Å². The fraction of sp³-hybridized carbons (Fsp3) is 0.133. The van der Waals surface area contributed by atoms with Crippen molar-refractivity contribution < 1.29 is 14.3 Å². The number of aryl methyl sites for hydroxylation is 1. The Hall–Kier alpha value is -2.89. The van der Waals surface area contributed by atoms with Gasteiger partial charge in [0.15, 0.2) is 5.69 Å². The Morgan fingerprint density at radius 2 is 2.00 bits per heavy atom. The number of rotatable bonds is 4. The molecule has 2 aromatic rings. The van der Waals surface area contributed by atoms with E-state index in [0.717, 1.165) is 5.56 Å². The minimum atomic E-state index is -0.513. The number of hydrogen-bond donors (Lipinski definition) is 2. The van der Waals surface area contributed by atoms with Gasteiger partial charge in [0.2, 0.25) is 5.91 Å². The molecule has 1 amide bonds. The summed E-state index contributed by atoms with van der Waals surface area (Å²) in [4.78, 5) is 26.8. The maximum atomic E-state index is 11.5. The Balaban J connectivity index is 2.32. The van der Waals surface area contributed by atoms with Crippen molar-refractivity contribution in [3.63, 3.8) is 0 Å². The summed E-state index contributed by atoms with van der Waals surface area (Å²) >= 11 is 0. The summed E-state index contributed by atoms with van der Waals surface area (Å²) in [6, 6.07) is 10.0. The Morgan fingerprint density at radius 3 is 2.67 bits per heavy atom. The molecule has 0 saturated heterocycles. The quantitative estimate of drug-likeness (QED) is 0.838. The average molecular weight is 285 g/mol. The number of esters is 1. The summed E-state index contributed by atoms with van der Waals surface area (Å²) < 4.78 is 4.63. The third kappa shape index (κ3) is 3.36. The standard InChI is InChI=1S/C15H15N3O3/c1-9-6-7-10(14(16)19)8-12(9)18-13-5-3-4-11(17-13)15(20)21-2/h3-8H,1-2H3,(H2,16,19)(H,17,18). The van der Waals surface area contributed by atoms with Crippen LogP contribution in [0.1, 0.15) is 26.4 Å². The van der Waals surface area contributed by atoms with Gasteiger partial charge in [0, 0.05) is 11.3 Å². The lowest BCUT2D eigenvalue weighted by Gasteiger charge is -2.10. The molecule has 0 spiro atoms. The smallest absolute Gasteiger partial charge is 0.356 e. The predicted octanol–water partition coefficient (Wildman–Crippen LogP) is 2.02. The van der Waals surface area contributed by atoms with Gasteiger partial charge in [0.25, 0.3) is 0 Å². The zero-order valence-corrected chi connectivity index (χ0v) is 11.7. The Bertz CT molecular complexity index is 698. The van der Waals surface area contributed by atoms with Crippen molar-refractivity contribution >= 4 is 23.4 Å². The van der Waals surface area contributed by atoms with Gasteiger partial charge in [-0.05, 0) is 36.8 Å². The van der Waals surface area contributed by atoms with Crippen LogP contribution in [0.15, 0.2) is 36.4 Å². The van der Waals surface area contributed by atoms with Crippen molar-refractivity contribution in [2.75, 3.05) is 12.4 Å². The van der Waals surface area contributed by atoms with E-state index >= 15 is 0 Å². The van der Waals surface area contributed by atoms with Crippen LogP contribution < -0.4 is 11.1 Å². The first-order chi connectivity index (χ1) is 10.0. The number of nitrogens with zero attached hydrogens (tertiary/aromatic N) is 1. The van der Waals surface area contributed by atoms with Gasteiger partial charge in [0.1, 0.15) is 5.82 Å². The van der Waals surface area contributed by atoms with E-state index in [0.29, 0.717) is 17.1 Å². The molecule has 0 aliphatic carbocycles. The van der Waals surface area contributed by atoms with E-state index < -0.39 is 11.9 Å². The molecule has 3 N–H and O–H groups in total. The molecule has 0 atom stereocenters. The molecule has 0 fully saturated rings. The molecule has 0 radical (unpaired) electrons. The van der Waals surface area contributed by atoms with Gasteiger partial charge in [-0.25, -0.2) is 9.78 Å². The molecule has 1 heterocycles. The summed E-state index contributed by atoms with van der Waals surface area (Å²) in [6.45, 7) is 1.89. The van der Waals surface area contributed by atoms with Gasteiger partial charge in [-0.2, -0.15) is 0 Å². The summed E-state index contributed by atoms with van der Waals surface area (Å²) in [5.41, 5.74) is 7.48. The van der Waals surface area contributed by atoms with E-state index in [1.807, 2.05) is 6.92 Å². The molecule has 0 aliphatic heterocycles. The first-order valence-corrected chi connectivity index (χ1v) is 6.24. The zero-order valence-electron chi connectivity index (χ0n) is 11.7. The lowest BCUT2D eigenvalue weighted by atomic mass is 10.1. The van der Waals surface area contributed by atoms with Crippen LogP contribution in [0.2, 0.25) is 0 Å². The number of ether oxygens (including phenoxy) is 1. The van der Waals surface area contributed by atoms with Crippen LogP contribution in [0.5, 0.6) is 0 Å². The third-order valence-electron chi connectivity index (χ3n) is 2.93. The van der Waals surface area contributed by atoms with Crippen molar-refractivity contribution in [3.05, 3.63) is 53.2 Å². The number of nitrogens with two attached hydrogens (primary N) is 1. The van der Waals surface area contributed by atoms with Crippen molar-refractivity contribution in [2.24, 2.45) is 5.73 Å². The van der Waals surface area contributed by atoms with Crippen molar-refractivity contribution in [2.45, 2.75) is 6.92 Å². The van der Waals surface area contributed by atoms with Crippen molar-refractivity contribution in [1.29, 1.82) is 0 Å². The SMILES string of the molecule is COC(=O)c1cccc(Nc2cc(C(N)=O)ccc2C)n1. The monoisotopic (exact) mass is 285 g/mol. The number of anilines is 2. The van der Waals surface area contributed by atoms with Gasteiger partial charge in [-0.3, -0.25) is 4.79 Å². The van der Waals surface area contributed by atoms with Crippen LogP contribution in [0.25, 0.3) is 0 Å². The van der Waals surface area contributed by atoms with Gasteiger partial charge >= 0.3 is 5.97 Å². The number of carbonyl (C=O) groups is 2. The molecule has 0 bridgehead atoms. The fourth-order valence-electron chi connectivity index (χ4n) is 1.77. The third-order valence-corrected chi connectivity index (χ3v) is 2.93. The summed E-state index contributed by atoms with van der Waals surface area (Å²) in [5.74, 6) is -0.543. The number of nitrogens with one attached hydrogen (secondary N) is 1. The van der Waals surface area contributed by atoms with Crippen molar-refractivity contribution in [3.8, 4) is 0 Å². The minimum Gasteiger partial charge on any atom is -0.464 e. The van der Waals surface area contributed by atoms with E-state index in [2.05, 4.69) is 15.0 Å². The molecule has 0 unspecified atom stereocenters. The highest BCUT2D eigenvalue weighted by atomic mass is 16.5. The topological polar surface area (TPSA) is 94.3 Å². The van der Waals surface area contributed by atoms with Crippen LogP contribution in [0, 0.1) is 6.92 Å². The van der Waals surface area contributed by atoms with Gasteiger partial charge < -0.3 is 15.8 Å². The number of hydrogen-bond acceptors (Lipinski definition) is 5. The normalized spacial score (nSPS) is 10.0. The molecule has 1 aromatic carbocycles. The largest absolute Gasteiger partial charge is 0.464 e. The van der Waals surface area contributed by atoms with Gasteiger partial charge in [-0.15, -0.1) is 0 Å². The molecular weight excluding hydrogens is 270 g/mol. The highest BCUT2D eigenvalue weighted by Crippen LogP contribution is 2.21. The fourth-order valence-corrected chi connectivity index (χ4v) is 1.77. The Kier molecular flexibility index (Phi) is 4.18. The maximum Gasteiger partial charge on any atom is 0.356 e.